The predicted octanol–water partition coefficient (Wildman–Crippen LogP) is 6.26. The van der Waals surface area contributed by atoms with Crippen LogP contribution in [-0.2, 0) is 0 Å². The fourth-order valence-electron chi connectivity index (χ4n) is 3.05. The van der Waals surface area contributed by atoms with E-state index in [-0.39, 0.29) is 0 Å². The molecule has 0 amide bonds. The van der Waals surface area contributed by atoms with Gasteiger partial charge in [0.1, 0.15) is 12.4 Å². The van der Waals surface area contributed by atoms with Crippen LogP contribution in [0, 0.1) is 11.8 Å². The smallest absolute Gasteiger partial charge is 0.119 e. The fourth-order valence-corrected chi connectivity index (χ4v) is 3.05. The highest BCUT2D eigenvalue weighted by molar-refractivity contribution is 5.83. The van der Waals surface area contributed by atoms with Gasteiger partial charge in [0.05, 0.1) is 11.9 Å². The van der Waals surface area contributed by atoms with Gasteiger partial charge in [-0.1, -0.05) is 42.7 Å². The summed E-state index contributed by atoms with van der Waals surface area (Å²) in [6.07, 6.45) is 4.60. The van der Waals surface area contributed by atoms with Crippen LogP contribution in [0.15, 0.2) is 73.4 Å². The largest absolute Gasteiger partial charge is 0.490 e. The zero-order valence-corrected chi connectivity index (χ0v) is 17.1. The monoisotopic (exact) mass is 400 g/mol. The number of aromatic nitrogens is 2. The molecule has 4 heteroatoms. The first-order valence-electron chi connectivity index (χ1n) is 10.1. The molecule has 152 valence electrons. The Bertz CT molecular complexity index is 1020. The lowest BCUT2D eigenvalue weighted by Gasteiger charge is -2.11. The Labute approximate surface area is 177 Å². The zero-order chi connectivity index (χ0) is 21.2. The van der Waals surface area contributed by atoms with Crippen LogP contribution in [0.2, 0.25) is 0 Å². The minimum atomic E-state index is -0.775. The molecule has 0 N–H and O–H groups in total. The van der Waals surface area contributed by atoms with Gasteiger partial charge in [-0.05, 0) is 67.3 Å². The van der Waals surface area contributed by atoms with E-state index in [1.807, 2.05) is 48.5 Å². The number of alkyl halides is 1. The minimum absolute atomic E-state index is 0.469. The van der Waals surface area contributed by atoms with E-state index in [4.69, 9.17) is 4.74 Å². The molecular weight excluding hydrogens is 375 g/mol. The first kappa shape index (κ1) is 21.3. The highest BCUT2D eigenvalue weighted by atomic mass is 19.1. The van der Waals surface area contributed by atoms with E-state index in [1.54, 1.807) is 19.2 Å². The molecule has 3 nitrogen and oxygen atoms in total. The standard InChI is InChI=1S/C26H25FN2O/c1-3-18-30-23-14-12-22(13-15-23)25-19-21(9-6-4-5-8-20(2)27)11-16-24(25)26-10-7-17-28-29-26/h3,7,10-17,19-20H,1,4-5,8,18H2,2H3. The van der Waals surface area contributed by atoms with E-state index in [0.29, 0.717) is 19.4 Å². The Morgan fingerprint density at radius 3 is 2.67 bits per heavy atom. The average Bonchev–Trinajstić information content (AvgIpc) is 2.78. The summed E-state index contributed by atoms with van der Waals surface area (Å²) >= 11 is 0. The van der Waals surface area contributed by atoms with Crippen molar-refractivity contribution < 1.29 is 9.13 Å². The van der Waals surface area contributed by atoms with Crippen LogP contribution in [-0.4, -0.2) is 23.0 Å². The van der Waals surface area contributed by atoms with Crippen molar-refractivity contribution in [2.45, 2.75) is 32.4 Å². The van der Waals surface area contributed by atoms with E-state index in [2.05, 4.69) is 34.7 Å². The van der Waals surface area contributed by atoms with Crippen molar-refractivity contribution in [3.8, 4) is 40.0 Å². The summed E-state index contributed by atoms with van der Waals surface area (Å²) in [5, 5.41) is 8.28. The van der Waals surface area contributed by atoms with Crippen LogP contribution in [0.5, 0.6) is 5.75 Å². The molecule has 0 aliphatic rings. The van der Waals surface area contributed by atoms with Crippen LogP contribution in [0.25, 0.3) is 22.4 Å². The normalized spacial score (nSPS) is 11.3. The molecule has 0 aliphatic heterocycles. The van der Waals surface area contributed by atoms with E-state index >= 15 is 0 Å². The van der Waals surface area contributed by atoms with Crippen LogP contribution in [0.1, 0.15) is 31.7 Å². The number of nitrogens with zero attached hydrogens (tertiary/aromatic N) is 2. The molecule has 1 atom stereocenters. The summed E-state index contributed by atoms with van der Waals surface area (Å²) in [4.78, 5) is 0. The lowest BCUT2D eigenvalue weighted by atomic mass is 9.95. The lowest BCUT2D eigenvalue weighted by Crippen LogP contribution is -1.93. The molecule has 0 spiro atoms. The number of hydrogen-bond donors (Lipinski definition) is 0. The third-order valence-corrected chi connectivity index (χ3v) is 4.54. The average molecular weight is 400 g/mol. The molecular formula is C26H25FN2O. The number of benzene rings is 2. The SMILES string of the molecule is C=CCOc1ccc(-c2cc(C#CCCCC(C)F)ccc2-c2cccnn2)cc1. The molecule has 30 heavy (non-hydrogen) atoms. The second-order valence-corrected chi connectivity index (χ2v) is 6.97. The van der Waals surface area contributed by atoms with E-state index in [9.17, 15) is 4.39 Å². The fraction of sp³-hybridized carbons (Fsp3) is 0.231. The predicted molar refractivity (Wildman–Crippen MR) is 120 cm³/mol. The van der Waals surface area contributed by atoms with Crippen molar-refractivity contribution in [2.24, 2.45) is 0 Å². The number of unbranched alkanes of at least 4 members (excludes halogenated alkanes) is 1. The number of ether oxygens (including phenoxy) is 1. The molecule has 3 rings (SSSR count). The lowest BCUT2D eigenvalue weighted by molar-refractivity contribution is 0.336. The zero-order valence-electron chi connectivity index (χ0n) is 17.1. The minimum Gasteiger partial charge on any atom is -0.490 e. The van der Waals surface area contributed by atoms with Gasteiger partial charge >= 0.3 is 0 Å². The molecule has 0 saturated carbocycles. The molecule has 0 aliphatic carbocycles. The van der Waals surface area contributed by atoms with Crippen molar-refractivity contribution in [3.63, 3.8) is 0 Å². The molecule has 0 radical (unpaired) electrons. The van der Waals surface area contributed by atoms with Gasteiger partial charge in [-0.3, -0.25) is 0 Å². The molecule has 3 aromatic rings. The van der Waals surface area contributed by atoms with Gasteiger partial charge in [0.2, 0.25) is 0 Å². The highest BCUT2D eigenvalue weighted by Crippen LogP contribution is 2.32. The Morgan fingerprint density at radius 2 is 1.97 bits per heavy atom. The molecule has 0 bridgehead atoms. The molecule has 1 aromatic heterocycles. The molecule has 1 heterocycles. The topological polar surface area (TPSA) is 35.0 Å². The van der Waals surface area contributed by atoms with Crippen molar-refractivity contribution in [1.82, 2.24) is 10.2 Å². The maximum Gasteiger partial charge on any atom is 0.119 e. The van der Waals surface area contributed by atoms with Crippen LogP contribution < -0.4 is 4.74 Å². The third-order valence-electron chi connectivity index (χ3n) is 4.54. The molecule has 2 aromatic carbocycles. The highest BCUT2D eigenvalue weighted by Gasteiger charge is 2.10. The van der Waals surface area contributed by atoms with Crippen molar-refractivity contribution in [1.29, 1.82) is 0 Å². The Kier molecular flexibility index (Phi) is 7.74. The first-order chi connectivity index (χ1) is 14.7. The summed E-state index contributed by atoms with van der Waals surface area (Å²) in [5.41, 5.74) is 4.76. The van der Waals surface area contributed by atoms with Gasteiger partial charge in [0, 0.05) is 23.7 Å². The van der Waals surface area contributed by atoms with Crippen LogP contribution >= 0.6 is 0 Å². The van der Waals surface area contributed by atoms with Gasteiger partial charge in [0.25, 0.3) is 0 Å². The summed E-state index contributed by atoms with van der Waals surface area (Å²) in [5.74, 6) is 7.15. The number of halogens is 1. The van der Waals surface area contributed by atoms with Gasteiger partial charge in [-0.15, -0.1) is 0 Å². The van der Waals surface area contributed by atoms with E-state index in [0.717, 1.165) is 40.1 Å². The Balaban J connectivity index is 1.91. The quantitative estimate of drug-likeness (QED) is 0.254. The Hall–Kier alpha value is -3.45. The third kappa shape index (κ3) is 6.02. The van der Waals surface area contributed by atoms with Crippen molar-refractivity contribution >= 4 is 0 Å². The molecule has 1 unspecified atom stereocenters. The maximum atomic E-state index is 12.9. The van der Waals surface area contributed by atoms with E-state index in [1.165, 1.54) is 0 Å². The second-order valence-electron chi connectivity index (χ2n) is 6.97. The summed E-state index contributed by atoms with van der Waals surface area (Å²) < 4.78 is 18.5. The first-order valence-corrected chi connectivity index (χ1v) is 10.1. The maximum absolute atomic E-state index is 12.9. The van der Waals surface area contributed by atoms with Crippen LogP contribution in [0.4, 0.5) is 4.39 Å². The van der Waals surface area contributed by atoms with Gasteiger partial charge in [-0.2, -0.15) is 10.2 Å². The van der Waals surface area contributed by atoms with Gasteiger partial charge in [0.15, 0.2) is 0 Å². The van der Waals surface area contributed by atoms with Crippen LogP contribution in [0.3, 0.4) is 0 Å². The van der Waals surface area contributed by atoms with E-state index < -0.39 is 6.17 Å². The van der Waals surface area contributed by atoms with Gasteiger partial charge < -0.3 is 4.74 Å². The summed E-state index contributed by atoms with van der Waals surface area (Å²) in [6.45, 7) is 5.72. The van der Waals surface area contributed by atoms with Crippen molar-refractivity contribution in [2.75, 3.05) is 6.61 Å². The van der Waals surface area contributed by atoms with Crippen molar-refractivity contribution in [3.05, 3.63) is 79.0 Å². The molecule has 0 fully saturated rings. The number of rotatable bonds is 8. The Morgan fingerprint density at radius 1 is 1.13 bits per heavy atom. The summed E-state index contributed by atoms with van der Waals surface area (Å²) in [6, 6.07) is 17.8. The summed E-state index contributed by atoms with van der Waals surface area (Å²) in [7, 11) is 0. The second kappa shape index (κ2) is 10.9. The van der Waals surface area contributed by atoms with Gasteiger partial charge in [-0.25, -0.2) is 4.39 Å². The number of hydrogen-bond acceptors (Lipinski definition) is 3. The molecule has 0 saturated heterocycles.